The fourth-order valence-electron chi connectivity index (χ4n) is 2.71. The molecule has 6 nitrogen and oxygen atoms in total. The number of nitrogens with one attached hydrogen (secondary N) is 1. The zero-order valence-electron chi connectivity index (χ0n) is 16.9. The highest BCUT2D eigenvalue weighted by atomic mass is 32.1. The SMILES string of the molecule is CCCCNC(=O)c1csc(CN(CCCC)C(=O)c2ccccc2OC)n1. The maximum absolute atomic E-state index is 13.1. The first-order valence-electron chi connectivity index (χ1n) is 9.75. The van der Waals surface area contributed by atoms with Crippen LogP contribution in [0.2, 0.25) is 0 Å². The molecular formula is C21H29N3O3S. The number of ether oxygens (including phenoxy) is 1. The number of carbonyl (C=O) groups excluding carboxylic acids is 2. The van der Waals surface area contributed by atoms with Gasteiger partial charge in [0.2, 0.25) is 0 Å². The molecule has 0 bridgehead atoms. The van der Waals surface area contributed by atoms with E-state index in [0.29, 0.717) is 36.6 Å². The van der Waals surface area contributed by atoms with Crippen LogP contribution in [-0.4, -0.2) is 41.9 Å². The number of hydrogen-bond donors (Lipinski definition) is 1. The van der Waals surface area contributed by atoms with Gasteiger partial charge in [0.1, 0.15) is 16.5 Å². The number of unbranched alkanes of at least 4 members (excludes halogenated alkanes) is 2. The van der Waals surface area contributed by atoms with Crippen molar-refractivity contribution in [2.45, 2.75) is 46.1 Å². The van der Waals surface area contributed by atoms with Gasteiger partial charge in [-0.05, 0) is 25.0 Å². The van der Waals surface area contributed by atoms with Gasteiger partial charge in [0.05, 0.1) is 19.2 Å². The van der Waals surface area contributed by atoms with Gasteiger partial charge in [0.25, 0.3) is 11.8 Å². The summed E-state index contributed by atoms with van der Waals surface area (Å²) >= 11 is 1.40. The van der Waals surface area contributed by atoms with Gasteiger partial charge in [-0.15, -0.1) is 11.3 Å². The van der Waals surface area contributed by atoms with Crippen molar-refractivity contribution in [2.24, 2.45) is 0 Å². The number of benzene rings is 1. The van der Waals surface area contributed by atoms with Gasteiger partial charge >= 0.3 is 0 Å². The summed E-state index contributed by atoms with van der Waals surface area (Å²) < 4.78 is 5.34. The minimum Gasteiger partial charge on any atom is -0.496 e. The molecule has 2 aromatic rings. The summed E-state index contributed by atoms with van der Waals surface area (Å²) in [6, 6.07) is 7.23. The fraction of sp³-hybridized carbons (Fsp3) is 0.476. The number of thiazole rings is 1. The highest BCUT2D eigenvalue weighted by Crippen LogP contribution is 2.21. The Morgan fingerprint density at radius 2 is 1.93 bits per heavy atom. The Bertz CT molecular complexity index is 776. The lowest BCUT2D eigenvalue weighted by molar-refractivity contribution is 0.0737. The van der Waals surface area contributed by atoms with Crippen LogP contribution in [0.4, 0.5) is 0 Å². The maximum Gasteiger partial charge on any atom is 0.270 e. The van der Waals surface area contributed by atoms with Gasteiger partial charge in [-0.2, -0.15) is 0 Å². The van der Waals surface area contributed by atoms with E-state index in [1.165, 1.54) is 11.3 Å². The van der Waals surface area contributed by atoms with Crippen molar-refractivity contribution in [1.82, 2.24) is 15.2 Å². The van der Waals surface area contributed by atoms with Crippen LogP contribution in [0.15, 0.2) is 29.6 Å². The molecule has 1 heterocycles. The van der Waals surface area contributed by atoms with Crippen LogP contribution in [-0.2, 0) is 6.54 Å². The predicted octanol–water partition coefficient (Wildman–Crippen LogP) is 4.12. The lowest BCUT2D eigenvalue weighted by Gasteiger charge is -2.22. The molecule has 0 aliphatic heterocycles. The highest BCUT2D eigenvalue weighted by Gasteiger charge is 2.21. The zero-order chi connectivity index (χ0) is 20.4. The van der Waals surface area contributed by atoms with Crippen LogP contribution in [0, 0.1) is 0 Å². The van der Waals surface area contributed by atoms with E-state index in [2.05, 4.69) is 24.1 Å². The molecule has 0 radical (unpaired) electrons. The third-order valence-corrected chi connectivity index (χ3v) is 5.17. The lowest BCUT2D eigenvalue weighted by Crippen LogP contribution is -2.32. The number of aromatic nitrogens is 1. The van der Waals surface area contributed by atoms with Crippen LogP contribution in [0.3, 0.4) is 0 Å². The van der Waals surface area contributed by atoms with Crippen molar-refractivity contribution >= 4 is 23.2 Å². The molecule has 7 heteroatoms. The Balaban J connectivity index is 2.12. The summed E-state index contributed by atoms with van der Waals surface area (Å²) in [5, 5.41) is 5.37. The molecule has 0 aliphatic carbocycles. The first-order valence-corrected chi connectivity index (χ1v) is 10.6. The molecule has 0 spiro atoms. The minimum absolute atomic E-state index is 0.0879. The molecule has 1 aromatic heterocycles. The maximum atomic E-state index is 13.1. The first kappa shape index (κ1) is 21.9. The summed E-state index contributed by atoms with van der Waals surface area (Å²) in [5.74, 6) is 0.311. The lowest BCUT2D eigenvalue weighted by atomic mass is 10.1. The van der Waals surface area contributed by atoms with Crippen LogP contribution in [0.5, 0.6) is 5.75 Å². The van der Waals surface area contributed by atoms with Gasteiger partial charge in [0, 0.05) is 18.5 Å². The van der Waals surface area contributed by atoms with Gasteiger partial charge in [0.15, 0.2) is 0 Å². The average molecular weight is 404 g/mol. The Hall–Kier alpha value is -2.41. The molecule has 1 N–H and O–H groups in total. The van der Waals surface area contributed by atoms with Crippen molar-refractivity contribution < 1.29 is 14.3 Å². The molecule has 2 amide bonds. The molecule has 28 heavy (non-hydrogen) atoms. The number of amides is 2. The van der Waals surface area contributed by atoms with Crippen molar-refractivity contribution in [2.75, 3.05) is 20.2 Å². The van der Waals surface area contributed by atoms with E-state index >= 15 is 0 Å². The largest absolute Gasteiger partial charge is 0.496 e. The summed E-state index contributed by atoms with van der Waals surface area (Å²) in [4.78, 5) is 31.5. The Morgan fingerprint density at radius 3 is 2.64 bits per heavy atom. The fourth-order valence-corrected chi connectivity index (χ4v) is 3.50. The smallest absolute Gasteiger partial charge is 0.270 e. The molecular weight excluding hydrogens is 374 g/mol. The van der Waals surface area contributed by atoms with Gasteiger partial charge in [-0.1, -0.05) is 38.8 Å². The standard InChI is InChI=1S/C21H29N3O3S/c1-4-6-12-22-20(25)17-15-28-19(23-17)14-24(13-7-5-2)21(26)16-10-8-9-11-18(16)27-3/h8-11,15H,4-7,12-14H2,1-3H3,(H,22,25). The van der Waals surface area contributed by atoms with Crippen molar-refractivity contribution in [1.29, 1.82) is 0 Å². The summed E-state index contributed by atoms with van der Waals surface area (Å²) in [5.41, 5.74) is 0.950. The molecule has 0 saturated heterocycles. The predicted molar refractivity (Wildman–Crippen MR) is 112 cm³/mol. The van der Waals surface area contributed by atoms with Gasteiger partial charge < -0.3 is 15.0 Å². The number of hydrogen-bond acceptors (Lipinski definition) is 5. The monoisotopic (exact) mass is 403 g/mol. The molecule has 0 saturated carbocycles. The topological polar surface area (TPSA) is 71.5 Å². The first-order chi connectivity index (χ1) is 13.6. The molecule has 1 aromatic carbocycles. The number of rotatable bonds is 11. The Labute approximate surface area is 170 Å². The molecule has 0 aliphatic rings. The van der Waals surface area contributed by atoms with Crippen LogP contribution in [0.25, 0.3) is 0 Å². The second kappa shape index (κ2) is 11.4. The third kappa shape index (κ3) is 6.05. The van der Waals surface area contributed by atoms with Gasteiger partial charge in [-0.25, -0.2) is 4.98 Å². The minimum atomic E-state index is -0.160. The Kier molecular flexibility index (Phi) is 8.94. The van der Waals surface area contributed by atoms with E-state index in [1.54, 1.807) is 29.5 Å². The van der Waals surface area contributed by atoms with Crippen molar-refractivity contribution in [3.05, 3.63) is 45.9 Å². The van der Waals surface area contributed by atoms with E-state index in [4.69, 9.17) is 4.74 Å². The Morgan fingerprint density at radius 1 is 1.18 bits per heavy atom. The van der Waals surface area contributed by atoms with Crippen LogP contribution in [0.1, 0.15) is 65.4 Å². The highest BCUT2D eigenvalue weighted by molar-refractivity contribution is 7.09. The third-order valence-electron chi connectivity index (χ3n) is 4.33. The number of nitrogens with zero attached hydrogens (tertiary/aromatic N) is 2. The van der Waals surface area contributed by atoms with Crippen LogP contribution >= 0.6 is 11.3 Å². The van der Waals surface area contributed by atoms with E-state index in [-0.39, 0.29) is 11.8 Å². The molecule has 152 valence electrons. The number of methoxy groups -OCH3 is 1. The summed E-state index contributed by atoms with van der Waals surface area (Å²) in [6.45, 7) is 5.83. The van der Waals surface area contributed by atoms with E-state index in [1.807, 2.05) is 12.1 Å². The van der Waals surface area contributed by atoms with E-state index in [9.17, 15) is 9.59 Å². The van der Waals surface area contributed by atoms with Crippen molar-refractivity contribution in [3.63, 3.8) is 0 Å². The van der Waals surface area contributed by atoms with Crippen LogP contribution < -0.4 is 10.1 Å². The quantitative estimate of drug-likeness (QED) is 0.573. The average Bonchev–Trinajstić information content (AvgIpc) is 3.19. The molecule has 0 unspecified atom stereocenters. The molecule has 0 atom stereocenters. The normalized spacial score (nSPS) is 10.5. The molecule has 2 rings (SSSR count). The van der Waals surface area contributed by atoms with E-state index < -0.39 is 0 Å². The second-order valence-electron chi connectivity index (χ2n) is 6.52. The van der Waals surface area contributed by atoms with E-state index in [0.717, 1.165) is 30.7 Å². The second-order valence-corrected chi connectivity index (χ2v) is 7.46. The van der Waals surface area contributed by atoms with Gasteiger partial charge in [-0.3, -0.25) is 9.59 Å². The summed E-state index contributed by atoms with van der Waals surface area (Å²) in [7, 11) is 1.56. The van der Waals surface area contributed by atoms with Crippen molar-refractivity contribution in [3.8, 4) is 5.75 Å². The molecule has 0 fully saturated rings. The zero-order valence-corrected chi connectivity index (χ0v) is 17.7. The summed E-state index contributed by atoms with van der Waals surface area (Å²) in [6.07, 6.45) is 3.86. The number of carbonyl (C=O) groups is 2. The number of para-hydroxylation sites is 1.